The number of aliphatic hydroxyl groups is 2. The van der Waals surface area contributed by atoms with E-state index in [1.807, 2.05) is 5.48 Å². The van der Waals surface area contributed by atoms with Gasteiger partial charge in [0.2, 0.25) is 0 Å². The minimum atomic E-state index is -1.08. The van der Waals surface area contributed by atoms with Crippen LogP contribution >= 0.6 is 0 Å². The maximum atomic E-state index is 9.95. The minimum absolute atomic E-state index is 0.222. The maximum Gasteiger partial charge on any atom is 0.167 e. The van der Waals surface area contributed by atoms with Crippen molar-refractivity contribution in [1.82, 2.24) is 25.0 Å². The van der Waals surface area contributed by atoms with Gasteiger partial charge in [0.15, 0.2) is 17.7 Å². The van der Waals surface area contributed by atoms with Gasteiger partial charge in [0.05, 0.1) is 12.9 Å². The van der Waals surface area contributed by atoms with Crippen molar-refractivity contribution >= 4 is 17.0 Å². The van der Waals surface area contributed by atoms with Crippen molar-refractivity contribution in [3.8, 4) is 0 Å². The molecule has 0 unspecified atom stereocenters. The number of rotatable bonds is 3. The van der Waals surface area contributed by atoms with Gasteiger partial charge in [-0.1, -0.05) is 0 Å². The summed E-state index contributed by atoms with van der Waals surface area (Å²) in [6.45, 7) is -0.375. The van der Waals surface area contributed by atoms with Crippen LogP contribution in [0.3, 0.4) is 0 Å². The predicted octanol–water partition coefficient (Wildman–Crippen LogP) is -1.99. The molecule has 2 aromatic rings. The van der Waals surface area contributed by atoms with Gasteiger partial charge in [-0.3, -0.25) is 4.57 Å². The molecule has 0 bridgehead atoms. The average molecular weight is 282 g/mol. The molecule has 1 saturated heterocycles. The molecule has 0 aromatic carbocycles. The Morgan fingerprint density at radius 3 is 2.90 bits per heavy atom. The van der Waals surface area contributed by atoms with Crippen molar-refractivity contribution in [2.45, 2.75) is 24.5 Å². The van der Waals surface area contributed by atoms with Crippen LogP contribution in [0.5, 0.6) is 0 Å². The summed E-state index contributed by atoms with van der Waals surface area (Å²) in [7, 11) is 0. The van der Waals surface area contributed by atoms with Crippen molar-refractivity contribution < 1.29 is 20.2 Å². The fourth-order valence-electron chi connectivity index (χ4n) is 2.33. The Labute approximate surface area is 112 Å². The second-order valence-corrected chi connectivity index (χ2v) is 4.48. The molecule has 20 heavy (non-hydrogen) atoms. The van der Waals surface area contributed by atoms with Crippen LogP contribution in [0.2, 0.25) is 0 Å². The molecule has 0 spiro atoms. The van der Waals surface area contributed by atoms with Crippen LogP contribution in [-0.4, -0.2) is 59.8 Å². The van der Waals surface area contributed by atoms with Crippen molar-refractivity contribution in [1.29, 1.82) is 0 Å². The number of fused-ring (bicyclic) bond motifs is 1. The van der Waals surface area contributed by atoms with E-state index in [0.29, 0.717) is 11.2 Å². The van der Waals surface area contributed by atoms with E-state index in [9.17, 15) is 10.3 Å². The highest BCUT2D eigenvalue weighted by Gasteiger charge is 2.44. The first kappa shape index (κ1) is 13.1. The molecule has 10 heteroatoms. The topological polar surface area (TPSA) is 152 Å². The first-order valence-corrected chi connectivity index (χ1v) is 5.94. The summed E-state index contributed by atoms with van der Waals surface area (Å²) in [4.78, 5) is 12.0. The summed E-state index contributed by atoms with van der Waals surface area (Å²) in [6.07, 6.45) is 0.0305. The van der Waals surface area contributed by atoms with Crippen molar-refractivity contribution in [3.05, 3.63) is 12.7 Å². The van der Waals surface area contributed by atoms with Gasteiger partial charge in [-0.25, -0.2) is 15.0 Å². The largest absolute Gasteiger partial charge is 0.394 e. The Morgan fingerprint density at radius 2 is 2.20 bits per heavy atom. The van der Waals surface area contributed by atoms with Crippen LogP contribution in [-0.2, 0) is 4.74 Å². The van der Waals surface area contributed by atoms with Gasteiger partial charge in [0.25, 0.3) is 0 Å². The molecular formula is C10H14N6O4. The van der Waals surface area contributed by atoms with E-state index in [-0.39, 0.29) is 12.4 Å². The fraction of sp³-hybridized carbons (Fsp3) is 0.500. The Kier molecular flexibility index (Phi) is 3.23. The number of nitrogens with one attached hydrogen (secondary N) is 1. The molecule has 1 fully saturated rings. The molecule has 3 heterocycles. The zero-order chi connectivity index (χ0) is 14.3. The zero-order valence-electron chi connectivity index (χ0n) is 10.3. The summed E-state index contributed by atoms with van der Waals surface area (Å²) in [6, 6.07) is -0.833. The number of anilines is 1. The predicted molar refractivity (Wildman–Crippen MR) is 65.4 cm³/mol. The van der Waals surface area contributed by atoms with E-state index >= 15 is 0 Å². The fourth-order valence-corrected chi connectivity index (χ4v) is 2.33. The highest BCUT2D eigenvalue weighted by Crippen LogP contribution is 2.31. The summed E-state index contributed by atoms with van der Waals surface area (Å²) in [5.74, 6) is 0.222. The van der Waals surface area contributed by atoms with Crippen molar-refractivity contribution in [2.75, 3.05) is 12.3 Å². The lowest BCUT2D eigenvalue weighted by molar-refractivity contribution is -0.0466. The van der Waals surface area contributed by atoms with Crippen molar-refractivity contribution in [2.24, 2.45) is 0 Å². The van der Waals surface area contributed by atoms with Gasteiger partial charge in [-0.05, 0) is 0 Å². The number of hydroxylamine groups is 1. The molecule has 108 valence electrons. The lowest BCUT2D eigenvalue weighted by atomic mass is 10.1. The summed E-state index contributed by atoms with van der Waals surface area (Å²) >= 11 is 0. The molecule has 0 radical (unpaired) electrons. The smallest absolute Gasteiger partial charge is 0.167 e. The van der Waals surface area contributed by atoms with Gasteiger partial charge in [0.1, 0.15) is 30.1 Å². The Balaban J connectivity index is 2.04. The second kappa shape index (κ2) is 4.92. The first-order valence-electron chi connectivity index (χ1n) is 5.94. The zero-order valence-corrected chi connectivity index (χ0v) is 10.3. The normalized spacial score (nSPS) is 30.1. The highest BCUT2D eigenvalue weighted by atomic mass is 16.6. The third-order valence-electron chi connectivity index (χ3n) is 3.36. The van der Waals surface area contributed by atoms with Gasteiger partial charge < -0.3 is 25.9 Å². The van der Waals surface area contributed by atoms with E-state index in [1.54, 1.807) is 0 Å². The Bertz CT molecular complexity index is 619. The van der Waals surface area contributed by atoms with Gasteiger partial charge in [-0.2, -0.15) is 5.48 Å². The molecule has 1 aliphatic rings. The lowest BCUT2D eigenvalue weighted by Crippen LogP contribution is -2.42. The summed E-state index contributed by atoms with van der Waals surface area (Å²) in [5.41, 5.74) is 8.49. The minimum Gasteiger partial charge on any atom is -0.394 e. The average Bonchev–Trinajstić information content (AvgIpc) is 3.00. The number of hydrogen-bond acceptors (Lipinski definition) is 9. The molecule has 4 atom stereocenters. The Hall–Kier alpha value is -1.85. The van der Waals surface area contributed by atoms with E-state index in [2.05, 4.69) is 15.0 Å². The maximum absolute atomic E-state index is 9.95. The standard InChI is InChI=1S/C10H14N6O4/c11-8-6-9(13-2-12-8)16(3-14-6)10-5(15-19)7(18)4(1-17)20-10/h2-5,7,10,15,17-19H,1H2,(H2,11,12,13)/t4-,5-,7-,10-/m1/s1. The first-order chi connectivity index (χ1) is 9.67. The molecule has 6 N–H and O–H groups in total. The lowest BCUT2D eigenvalue weighted by Gasteiger charge is -2.19. The number of aliphatic hydroxyl groups excluding tert-OH is 2. The molecule has 0 saturated carbocycles. The monoisotopic (exact) mass is 282 g/mol. The van der Waals surface area contributed by atoms with E-state index in [4.69, 9.17) is 15.6 Å². The van der Waals surface area contributed by atoms with E-state index < -0.39 is 24.5 Å². The number of nitrogens with two attached hydrogens (primary N) is 1. The number of nitrogens with zero attached hydrogens (tertiary/aromatic N) is 4. The molecular weight excluding hydrogens is 268 g/mol. The quantitative estimate of drug-likeness (QED) is 0.403. The molecule has 2 aromatic heterocycles. The summed E-state index contributed by atoms with van der Waals surface area (Å²) in [5, 5.41) is 28.3. The van der Waals surface area contributed by atoms with Crippen LogP contribution in [0.15, 0.2) is 12.7 Å². The third kappa shape index (κ3) is 1.82. The van der Waals surface area contributed by atoms with Gasteiger partial charge >= 0.3 is 0 Å². The number of nitrogen functional groups attached to an aromatic ring is 1. The number of ether oxygens (including phenoxy) is 1. The number of imidazole rings is 1. The SMILES string of the molecule is Nc1ncnc2c1ncn2[C@@H]1O[C@H](CO)[C@@H](O)[C@H]1NO. The number of aromatic nitrogens is 4. The molecule has 0 amide bonds. The molecule has 3 rings (SSSR count). The highest BCUT2D eigenvalue weighted by molar-refractivity contribution is 5.81. The Morgan fingerprint density at radius 1 is 1.40 bits per heavy atom. The summed E-state index contributed by atoms with van der Waals surface area (Å²) < 4.78 is 7.03. The third-order valence-corrected chi connectivity index (χ3v) is 3.36. The van der Waals surface area contributed by atoms with Crippen LogP contribution in [0.4, 0.5) is 5.82 Å². The second-order valence-electron chi connectivity index (χ2n) is 4.48. The van der Waals surface area contributed by atoms with E-state index in [1.165, 1.54) is 17.2 Å². The van der Waals surface area contributed by atoms with Gasteiger partial charge in [0, 0.05) is 0 Å². The molecule has 10 nitrogen and oxygen atoms in total. The van der Waals surface area contributed by atoms with Crippen LogP contribution in [0.25, 0.3) is 11.2 Å². The van der Waals surface area contributed by atoms with Crippen LogP contribution in [0, 0.1) is 0 Å². The molecule has 1 aliphatic heterocycles. The van der Waals surface area contributed by atoms with Crippen molar-refractivity contribution in [3.63, 3.8) is 0 Å². The molecule has 0 aliphatic carbocycles. The van der Waals surface area contributed by atoms with Gasteiger partial charge in [-0.15, -0.1) is 0 Å². The van der Waals surface area contributed by atoms with Crippen LogP contribution < -0.4 is 11.2 Å². The number of hydrogen-bond donors (Lipinski definition) is 5. The van der Waals surface area contributed by atoms with Crippen LogP contribution in [0.1, 0.15) is 6.23 Å². The van der Waals surface area contributed by atoms with E-state index in [0.717, 1.165) is 0 Å².